The molecular weight excluding hydrogens is 448 g/mol. The Kier molecular flexibility index (Phi) is 6.33. The summed E-state index contributed by atoms with van der Waals surface area (Å²) in [5.74, 6) is -1.52. The number of sulfonamides is 1. The third-order valence-corrected chi connectivity index (χ3v) is 7.39. The quantitative estimate of drug-likeness (QED) is 0.467. The first-order valence-electron chi connectivity index (χ1n) is 10.6. The first-order valence-corrected chi connectivity index (χ1v) is 12.0. The second-order valence-corrected chi connectivity index (χ2v) is 9.99. The Morgan fingerprint density at radius 1 is 0.970 bits per heavy atom. The first kappa shape index (κ1) is 23.1. The maximum atomic E-state index is 12.9. The van der Waals surface area contributed by atoms with Crippen molar-refractivity contribution in [2.75, 3.05) is 26.2 Å². The topological polar surface area (TPSA) is 110 Å². The zero-order chi connectivity index (χ0) is 23.8. The van der Waals surface area contributed by atoms with Gasteiger partial charge < -0.3 is 9.47 Å². The van der Waals surface area contributed by atoms with Gasteiger partial charge in [0.15, 0.2) is 0 Å². The molecule has 1 fully saturated rings. The van der Waals surface area contributed by atoms with Crippen LogP contribution in [0.15, 0.2) is 53.4 Å². The number of imide groups is 1. The van der Waals surface area contributed by atoms with Crippen molar-refractivity contribution in [3.05, 3.63) is 65.2 Å². The highest BCUT2D eigenvalue weighted by Crippen LogP contribution is 2.23. The predicted octanol–water partition coefficient (Wildman–Crippen LogP) is 1.94. The third-order valence-electron chi connectivity index (χ3n) is 5.54. The van der Waals surface area contributed by atoms with Crippen LogP contribution in [-0.2, 0) is 19.5 Å². The van der Waals surface area contributed by atoms with Crippen LogP contribution in [0.2, 0.25) is 0 Å². The molecule has 2 atom stereocenters. The number of benzene rings is 2. The van der Waals surface area contributed by atoms with Gasteiger partial charge in [0.25, 0.3) is 11.8 Å². The van der Waals surface area contributed by atoms with Crippen molar-refractivity contribution in [2.45, 2.75) is 31.0 Å². The first-order chi connectivity index (χ1) is 15.7. The normalized spacial score (nSPS) is 21.2. The number of ether oxygens (including phenoxy) is 2. The summed E-state index contributed by atoms with van der Waals surface area (Å²) in [6, 6.07) is 12.0. The SMILES string of the molecule is CC1CN(S(=O)(=O)c2ccc(C(=O)OCCN3C(=O)c4ccccc4C3=O)cc2)CC(C)O1. The Bertz CT molecular complexity index is 1150. The van der Waals surface area contributed by atoms with Crippen LogP contribution in [0.25, 0.3) is 0 Å². The van der Waals surface area contributed by atoms with Crippen LogP contribution in [0.1, 0.15) is 44.9 Å². The van der Waals surface area contributed by atoms with E-state index in [1.807, 2.05) is 13.8 Å². The van der Waals surface area contributed by atoms with Crippen LogP contribution < -0.4 is 0 Å². The highest BCUT2D eigenvalue weighted by Gasteiger charge is 2.35. The fraction of sp³-hybridized carbons (Fsp3) is 0.348. The summed E-state index contributed by atoms with van der Waals surface area (Å²) in [5, 5.41) is 0. The van der Waals surface area contributed by atoms with Crippen molar-refractivity contribution < 1.29 is 32.3 Å². The van der Waals surface area contributed by atoms with Gasteiger partial charge in [0.05, 0.1) is 40.3 Å². The highest BCUT2D eigenvalue weighted by molar-refractivity contribution is 7.89. The van der Waals surface area contributed by atoms with E-state index in [9.17, 15) is 22.8 Å². The van der Waals surface area contributed by atoms with Gasteiger partial charge in [-0.25, -0.2) is 13.2 Å². The van der Waals surface area contributed by atoms with Crippen molar-refractivity contribution in [3.8, 4) is 0 Å². The molecule has 2 aromatic carbocycles. The summed E-state index contributed by atoms with van der Waals surface area (Å²) in [7, 11) is -3.72. The number of esters is 1. The molecule has 0 aromatic heterocycles. The second-order valence-electron chi connectivity index (χ2n) is 8.05. The summed E-state index contributed by atoms with van der Waals surface area (Å²) >= 11 is 0. The van der Waals surface area contributed by atoms with Crippen molar-refractivity contribution in [3.63, 3.8) is 0 Å². The van der Waals surface area contributed by atoms with E-state index in [2.05, 4.69) is 0 Å². The number of nitrogens with zero attached hydrogens (tertiary/aromatic N) is 2. The molecule has 2 heterocycles. The van der Waals surface area contributed by atoms with Crippen LogP contribution in [0.4, 0.5) is 0 Å². The molecular formula is C23H24N2O7S. The summed E-state index contributed by atoms with van der Waals surface area (Å²) in [4.78, 5) is 38.2. The molecule has 4 rings (SSSR count). The average molecular weight is 473 g/mol. The van der Waals surface area contributed by atoms with Gasteiger partial charge in [-0.15, -0.1) is 0 Å². The molecule has 33 heavy (non-hydrogen) atoms. The molecule has 2 aromatic rings. The van der Waals surface area contributed by atoms with Crippen LogP contribution in [0, 0.1) is 0 Å². The van der Waals surface area contributed by atoms with E-state index in [0.717, 1.165) is 4.90 Å². The average Bonchev–Trinajstić information content (AvgIpc) is 3.03. The summed E-state index contributed by atoms with van der Waals surface area (Å²) in [6.07, 6.45) is -0.417. The van der Waals surface area contributed by atoms with E-state index < -0.39 is 27.8 Å². The summed E-state index contributed by atoms with van der Waals surface area (Å²) in [6.45, 7) is 3.91. The van der Waals surface area contributed by atoms with Gasteiger partial charge in [-0.1, -0.05) is 12.1 Å². The second kappa shape index (κ2) is 9.05. The lowest BCUT2D eigenvalue weighted by atomic mass is 10.1. The van der Waals surface area contributed by atoms with Gasteiger partial charge in [0.1, 0.15) is 6.61 Å². The molecule has 1 saturated heterocycles. The van der Waals surface area contributed by atoms with Crippen LogP contribution in [0.3, 0.4) is 0 Å². The zero-order valence-corrected chi connectivity index (χ0v) is 19.1. The smallest absolute Gasteiger partial charge is 0.338 e. The van der Waals surface area contributed by atoms with E-state index in [-0.39, 0.29) is 48.9 Å². The number of fused-ring (bicyclic) bond motifs is 1. The van der Waals surface area contributed by atoms with Crippen LogP contribution >= 0.6 is 0 Å². The zero-order valence-electron chi connectivity index (χ0n) is 18.3. The minimum Gasteiger partial charge on any atom is -0.460 e. The Labute approximate surface area is 191 Å². The monoisotopic (exact) mass is 472 g/mol. The molecule has 0 saturated carbocycles. The molecule has 174 valence electrons. The van der Waals surface area contributed by atoms with Crippen molar-refractivity contribution in [1.82, 2.24) is 9.21 Å². The number of morpholine rings is 1. The lowest BCUT2D eigenvalue weighted by Gasteiger charge is -2.34. The Balaban J connectivity index is 1.35. The third kappa shape index (κ3) is 4.54. The van der Waals surface area contributed by atoms with Crippen molar-refractivity contribution in [1.29, 1.82) is 0 Å². The van der Waals surface area contributed by atoms with Gasteiger partial charge in [0, 0.05) is 13.1 Å². The minimum atomic E-state index is -3.72. The van der Waals surface area contributed by atoms with E-state index in [4.69, 9.17) is 9.47 Å². The van der Waals surface area contributed by atoms with Gasteiger partial charge in [0.2, 0.25) is 10.0 Å². The summed E-state index contributed by atoms with van der Waals surface area (Å²) in [5.41, 5.74) is 0.824. The molecule has 2 aliphatic heterocycles. The fourth-order valence-corrected chi connectivity index (χ4v) is 5.58. The molecule has 0 spiro atoms. The standard InChI is InChI=1S/C23H24N2O7S/c1-15-13-24(14-16(2)32-15)33(29,30)18-9-7-17(8-10-18)23(28)31-12-11-25-21(26)19-5-3-4-6-20(19)22(25)27/h3-10,15-16H,11-14H2,1-2H3. The van der Waals surface area contributed by atoms with E-state index in [1.54, 1.807) is 24.3 Å². The number of hydrogen-bond donors (Lipinski definition) is 0. The lowest BCUT2D eigenvalue weighted by Crippen LogP contribution is -2.48. The number of rotatable bonds is 6. The largest absolute Gasteiger partial charge is 0.460 e. The van der Waals surface area contributed by atoms with Gasteiger partial charge in [-0.3, -0.25) is 14.5 Å². The van der Waals surface area contributed by atoms with Crippen LogP contribution in [0.5, 0.6) is 0 Å². The number of hydrogen-bond acceptors (Lipinski definition) is 7. The Morgan fingerprint density at radius 3 is 2.06 bits per heavy atom. The molecule has 2 amide bonds. The van der Waals surface area contributed by atoms with Gasteiger partial charge in [-0.2, -0.15) is 4.31 Å². The van der Waals surface area contributed by atoms with Crippen molar-refractivity contribution in [2.24, 2.45) is 0 Å². The Morgan fingerprint density at radius 2 is 1.52 bits per heavy atom. The number of carbonyl (C=O) groups is 3. The van der Waals surface area contributed by atoms with Crippen molar-refractivity contribution >= 4 is 27.8 Å². The van der Waals surface area contributed by atoms with Gasteiger partial charge in [-0.05, 0) is 50.2 Å². The van der Waals surface area contributed by atoms with E-state index in [1.165, 1.54) is 28.6 Å². The molecule has 0 bridgehead atoms. The highest BCUT2D eigenvalue weighted by atomic mass is 32.2. The molecule has 0 N–H and O–H groups in total. The molecule has 10 heteroatoms. The number of amides is 2. The molecule has 9 nitrogen and oxygen atoms in total. The lowest BCUT2D eigenvalue weighted by molar-refractivity contribution is -0.0440. The number of carbonyl (C=O) groups excluding carboxylic acids is 3. The fourth-order valence-electron chi connectivity index (χ4n) is 3.99. The molecule has 0 aliphatic carbocycles. The molecule has 2 unspecified atom stereocenters. The maximum Gasteiger partial charge on any atom is 0.338 e. The van der Waals surface area contributed by atoms with Crippen LogP contribution in [-0.4, -0.2) is 73.9 Å². The Hall–Kier alpha value is -3.08. The summed E-state index contributed by atoms with van der Waals surface area (Å²) < 4.78 is 38.0. The molecule has 0 radical (unpaired) electrons. The van der Waals surface area contributed by atoms with E-state index >= 15 is 0 Å². The van der Waals surface area contributed by atoms with Gasteiger partial charge >= 0.3 is 5.97 Å². The van der Waals surface area contributed by atoms with E-state index in [0.29, 0.717) is 11.1 Å². The predicted molar refractivity (Wildman–Crippen MR) is 117 cm³/mol. The minimum absolute atomic E-state index is 0.0715. The maximum absolute atomic E-state index is 12.9. The molecule has 2 aliphatic rings.